The van der Waals surface area contributed by atoms with Crippen molar-refractivity contribution in [2.45, 2.75) is 13.8 Å². The highest BCUT2D eigenvalue weighted by Gasteiger charge is 2.11. The Labute approximate surface area is 128 Å². The van der Waals surface area contributed by atoms with E-state index in [1.54, 1.807) is 18.2 Å². The van der Waals surface area contributed by atoms with Crippen LogP contribution in [0.3, 0.4) is 0 Å². The second kappa shape index (κ2) is 6.50. The van der Waals surface area contributed by atoms with E-state index in [-0.39, 0.29) is 5.91 Å². The maximum Gasteiger partial charge on any atom is 0.255 e. The Balaban J connectivity index is 2.26. The third-order valence-electron chi connectivity index (χ3n) is 2.87. The van der Waals surface area contributed by atoms with Crippen molar-refractivity contribution in [3.05, 3.63) is 52.5 Å². The van der Waals surface area contributed by atoms with Gasteiger partial charge in [-0.05, 0) is 49.7 Å². The minimum Gasteiger partial charge on any atom is -0.492 e. The number of nitrogens with two attached hydrogens (primary N) is 1. The highest BCUT2D eigenvalue weighted by atomic mass is 35.5. The van der Waals surface area contributed by atoms with E-state index < -0.39 is 0 Å². The molecular weight excluding hydrogens is 288 g/mol. The zero-order valence-corrected chi connectivity index (χ0v) is 12.7. The number of halogens is 1. The van der Waals surface area contributed by atoms with Gasteiger partial charge in [-0.2, -0.15) is 0 Å². The lowest BCUT2D eigenvalue weighted by Crippen LogP contribution is -2.13. The quantitative estimate of drug-likeness (QED) is 0.842. The molecule has 0 saturated heterocycles. The third kappa shape index (κ3) is 3.89. The van der Waals surface area contributed by atoms with Crippen molar-refractivity contribution < 1.29 is 9.53 Å². The van der Waals surface area contributed by atoms with Gasteiger partial charge in [-0.1, -0.05) is 17.7 Å². The summed E-state index contributed by atoms with van der Waals surface area (Å²) in [4.78, 5) is 12.3. The smallest absolute Gasteiger partial charge is 0.255 e. The molecule has 0 spiro atoms. The van der Waals surface area contributed by atoms with Gasteiger partial charge in [0.1, 0.15) is 5.75 Å². The fourth-order valence-electron chi connectivity index (χ4n) is 1.95. The average Bonchev–Trinajstić information content (AvgIpc) is 2.41. The number of aryl methyl sites for hydroxylation is 1. The van der Waals surface area contributed by atoms with Crippen LogP contribution in [0.4, 0.5) is 11.4 Å². The molecule has 4 nitrogen and oxygen atoms in total. The number of anilines is 2. The van der Waals surface area contributed by atoms with Gasteiger partial charge in [-0.25, -0.2) is 0 Å². The first-order valence-electron chi connectivity index (χ1n) is 6.60. The van der Waals surface area contributed by atoms with Crippen molar-refractivity contribution >= 4 is 28.9 Å². The molecule has 2 aromatic rings. The van der Waals surface area contributed by atoms with Gasteiger partial charge < -0.3 is 15.8 Å². The van der Waals surface area contributed by atoms with Crippen LogP contribution in [-0.4, -0.2) is 12.5 Å². The topological polar surface area (TPSA) is 64.3 Å². The molecule has 3 N–H and O–H groups in total. The summed E-state index contributed by atoms with van der Waals surface area (Å²) in [6.45, 7) is 4.38. The van der Waals surface area contributed by atoms with E-state index in [2.05, 4.69) is 5.32 Å². The van der Waals surface area contributed by atoms with Crippen molar-refractivity contribution in [1.29, 1.82) is 0 Å². The summed E-state index contributed by atoms with van der Waals surface area (Å²) in [5, 5.41) is 3.24. The summed E-state index contributed by atoms with van der Waals surface area (Å²) in [5.74, 6) is 0.356. The number of nitrogens with one attached hydrogen (secondary N) is 1. The fraction of sp³-hybridized carbons (Fsp3) is 0.188. The summed E-state index contributed by atoms with van der Waals surface area (Å²) in [6, 6.07) is 10.3. The molecule has 0 saturated carbocycles. The second-order valence-electron chi connectivity index (χ2n) is 4.66. The maximum absolute atomic E-state index is 12.3. The van der Waals surface area contributed by atoms with E-state index in [4.69, 9.17) is 22.1 Å². The predicted molar refractivity (Wildman–Crippen MR) is 86.2 cm³/mol. The number of nitrogen functional groups attached to an aromatic ring is 1. The van der Waals surface area contributed by atoms with Gasteiger partial charge in [0.25, 0.3) is 5.91 Å². The predicted octanol–water partition coefficient (Wildman–Crippen LogP) is 3.88. The first kappa shape index (κ1) is 15.2. The number of hydrogen-bond donors (Lipinski definition) is 2. The van der Waals surface area contributed by atoms with Gasteiger partial charge in [-0.3, -0.25) is 4.79 Å². The summed E-state index contributed by atoms with van der Waals surface area (Å²) in [7, 11) is 0. The van der Waals surface area contributed by atoms with Crippen molar-refractivity contribution in [3.8, 4) is 5.75 Å². The third-order valence-corrected chi connectivity index (χ3v) is 3.09. The van der Waals surface area contributed by atoms with Crippen LogP contribution in [0, 0.1) is 6.92 Å². The number of hydrogen-bond acceptors (Lipinski definition) is 3. The number of amides is 1. The zero-order valence-electron chi connectivity index (χ0n) is 11.9. The summed E-state index contributed by atoms with van der Waals surface area (Å²) >= 11 is 5.91. The molecule has 0 atom stereocenters. The van der Waals surface area contributed by atoms with E-state index in [0.29, 0.717) is 34.3 Å². The molecule has 110 valence electrons. The van der Waals surface area contributed by atoms with Crippen molar-refractivity contribution in [2.24, 2.45) is 0 Å². The van der Waals surface area contributed by atoms with Crippen molar-refractivity contribution in [2.75, 3.05) is 17.7 Å². The molecule has 0 fully saturated rings. The Hall–Kier alpha value is -2.20. The van der Waals surface area contributed by atoms with Gasteiger partial charge in [0, 0.05) is 16.3 Å². The summed E-state index contributed by atoms with van der Waals surface area (Å²) < 4.78 is 5.54. The maximum atomic E-state index is 12.3. The first-order valence-corrected chi connectivity index (χ1v) is 6.98. The Kier molecular flexibility index (Phi) is 4.70. The lowest BCUT2D eigenvalue weighted by Gasteiger charge is -2.12. The Bertz CT molecular complexity index is 651. The highest BCUT2D eigenvalue weighted by molar-refractivity contribution is 6.31. The molecule has 1 amide bonds. The Morgan fingerprint density at radius 1 is 1.29 bits per heavy atom. The molecule has 0 aliphatic carbocycles. The van der Waals surface area contributed by atoms with Gasteiger partial charge in [0.15, 0.2) is 0 Å². The Morgan fingerprint density at radius 2 is 2.05 bits per heavy atom. The second-order valence-corrected chi connectivity index (χ2v) is 5.10. The van der Waals surface area contributed by atoms with Crippen LogP contribution in [0.2, 0.25) is 5.02 Å². The van der Waals surface area contributed by atoms with Gasteiger partial charge >= 0.3 is 0 Å². The van der Waals surface area contributed by atoms with Gasteiger partial charge in [-0.15, -0.1) is 0 Å². The van der Waals surface area contributed by atoms with Crippen LogP contribution >= 0.6 is 11.6 Å². The van der Waals surface area contributed by atoms with E-state index in [0.717, 1.165) is 5.56 Å². The molecule has 0 aromatic heterocycles. The standard InChI is InChI=1S/C16H17ClN2O2/c1-3-21-15-6-10(2)4-5-14(15)19-16(20)11-7-12(17)9-13(18)8-11/h4-9H,3,18H2,1-2H3,(H,19,20). The van der Waals surface area contributed by atoms with Crippen molar-refractivity contribution in [1.82, 2.24) is 0 Å². The summed E-state index contributed by atoms with van der Waals surface area (Å²) in [6.07, 6.45) is 0. The van der Waals surface area contributed by atoms with Crippen molar-refractivity contribution in [3.63, 3.8) is 0 Å². The fourth-order valence-corrected chi connectivity index (χ4v) is 2.19. The molecule has 0 aliphatic rings. The number of carbonyl (C=O) groups excluding carboxylic acids is 1. The van der Waals surface area contributed by atoms with Crippen LogP contribution in [0.25, 0.3) is 0 Å². The van der Waals surface area contributed by atoms with Crippen LogP contribution in [-0.2, 0) is 0 Å². The number of carbonyl (C=O) groups is 1. The van der Waals surface area contributed by atoms with E-state index in [1.807, 2.05) is 32.0 Å². The molecule has 0 heterocycles. The van der Waals surface area contributed by atoms with E-state index in [9.17, 15) is 4.79 Å². The zero-order chi connectivity index (χ0) is 15.4. The molecule has 0 radical (unpaired) electrons. The van der Waals surface area contributed by atoms with Crippen LogP contribution in [0.5, 0.6) is 5.75 Å². The lowest BCUT2D eigenvalue weighted by atomic mass is 10.1. The van der Waals surface area contributed by atoms with Crippen LogP contribution in [0.1, 0.15) is 22.8 Å². The van der Waals surface area contributed by atoms with Crippen LogP contribution < -0.4 is 15.8 Å². The molecule has 2 aromatic carbocycles. The number of rotatable bonds is 4. The average molecular weight is 305 g/mol. The molecule has 0 aliphatic heterocycles. The molecule has 0 bridgehead atoms. The number of benzene rings is 2. The normalized spacial score (nSPS) is 10.2. The Morgan fingerprint density at radius 3 is 2.71 bits per heavy atom. The monoisotopic (exact) mass is 304 g/mol. The lowest BCUT2D eigenvalue weighted by molar-refractivity contribution is 0.102. The largest absolute Gasteiger partial charge is 0.492 e. The van der Waals surface area contributed by atoms with Crippen LogP contribution in [0.15, 0.2) is 36.4 Å². The minimum atomic E-state index is -0.283. The van der Waals surface area contributed by atoms with E-state index >= 15 is 0 Å². The first-order chi connectivity index (χ1) is 9.99. The molecular formula is C16H17ClN2O2. The minimum absolute atomic E-state index is 0.283. The van der Waals surface area contributed by atoms with Gasteiger partial charge in [0.05, 0.1) is 12.3 Å². The molecule has 2 rings (SSSR count). The highest BCUT2D eigenvalue weighted by Crippen LogP contribution is 2.27. The molecule has 21 heavy (non-hydrogen) atoms. The molecule has 5 heteroatoms. The van der Waals surface area contributed by atoms with Gasteiger partial charge in [0.2, 0.25) is 0 Å². The SMILES string of the molecule is CCOc1cc(C)ccc1NC(=O)c1cc(N)cc(Cl)c1. The summed E-state index contributed by atoms with van der Waals surface area (Å²) in [5.41, 5.74) is 8.23. The molecule has 0 unspecified atom stereocenters. The van der Waals surface area contributed by atoms with E-state index in [1.165, 1.54) is 0 Å². The number of ether oxygens (including phenoxy) is 1.